The van der Waals surface area contributed by atoms with Gasteiger partial charge in [0.25, 0.3) is 0 Å². The van der Waals surface area contributed by atoms with Crippen molar-refractivity contribution in [3.05, 3.63) is 27.4 Å². The van der Waals surface area contributed by atoms with Crippen molar-refractivity contribution in [2.24, 2.45) is 0 Å². The Morgan fingerprint density at radius 3 is 3.00 bits per heavy atom. The summed E-state index contributed by atoms with van der Waals surface area (Å²) in [7, 11) is 0. The fourth-order valence-corrected chi connectivity index (χ4v) is 2.14. The summed E-state index contributed by atoms with van der Waals surface area (Å²) in [5.41, 5.74) is 1.72. The normalized spacial score (nSPS) is 18.9. The summed E-state index contributed by atoms with van der Waals surface area (Å²) in [4.78, 5) is 28.6. The van der Waals surface area contributed by atoms with Crippen LogP contribution in [0.4, 0.5) is 0 Å². The summed E-state index contributed by atoms with van der Waals surface area (Å²) >= 11 is 0. The highest BCUT2D eigenvalue weighted by Gasteiger charge is 2.31. The maximum Gasteiger partial charge on any atom is 0.345 e. The number of rotatable bonds is 2. The number of aromatic amines is 1. The number of aryl methyl sites for hydroxylation is 2. The number of aromatic nitrogens is 2. The minimum absolute atomic E-state index is 0.378. The summed E-state index contributed by atoms with van der Waals surface area (Å²) in [5.74, 6) is -1.34. The fourth-order valence-electron chi connectivity index (χ4n) is 2.14. The van der Waals surface area contributed by atoms with E-state index in [4.69, 9.17) is 5.11 Å². The number of H-pyrrole nitrogens is 1. The monoisotopic (exact) mass is 208 g/mol. The Labute approximate surface area is 86.2 Å². The van der Waals surface area contributed by atoms with E-state index < -0.39 is 11.9 Å². The number of nitrogens with one attached hydrogen (secondary N) is 1. The molecule has 0 bridgehead atoms. The molecule has 2 N–H and O–H groups in total. The van der Waals surface area contributed by atoms with Crippen LogP contribution in [-0.2, 0) is 17.6 Å². The molecule has 15 heavy (non-hydrogen) atoms. The van der Waals surface area contributed by atoms with Gasteiger partial charge in [0.1, 0.15) is 0 Å². The number of fused-ring (bicyclic) bond motifs is 1. The molecule has 0 aliphatic heterocycles. The number of aliphatic carboxylic acids is 1. The molecule has 5 nitrogen and oxygen atoms in total. The van der Waals surface area contributed by atoms with Crippen LogP contribution in [0, 0.1) is 0 Å². The predicted molar refractivity (Wildman–Crippen MR) is 52.9 cm³/mol. The first-order valence-corrected chi connectivity index (χ1v) is 4.98. The van der Waals surface area contributed by atoms with Crippen molar-refractivity contribution in [1.82, 2.24) is 9.97 Å². The van der Waals surface area contributed by atoms with E-state index in [9.17, 15) is 9.59 Å². The second-order valence-electron chi connectivity index (χ2n) is 3.66. The number of hydrogen-bond donors (Lipinski definition) is 2. The van der Waals surface area contributed by atoms with Crippen molar-refractivity contribution in [2.45, 2.75) is 32.1 Å². The van der Waals surface area contributed by atoms with Crippen molar-refractivity contribution in [2.75, 3.05) is 0 Å². The maximum atomic E-state index is 11.2. The number of carboxylic acid groups (broad SMARTS) is 1. The molecule has 1 unspecified atom stereocenters. The van der Waals surface area contributed by atoms with Gasteiger partial charge in [-0.05, 0) is 19.3 Å². The lowest BCUT2D eigenvalue weighted by Gasteiger charge is -2.09. The van der Waals surface area contributed by atoms with E-state index in [1.807, 2.05) is 6.92 Å². The van der Waals surface area contributed by atoms with E-state index in [1.165, 1.54) is 0 Å². The SMILES string of the molecule is CCc1nc(=O)[nH]c2c1C(C(=O)O)CC2. The zero-order valence-electron chi connectivity index (χ0n) is 8.41. The van der Waals surface area contributed by atoms with Gasteiger partial charge in [-0.3, -0.25) is 4.79 Å². The molecular formula is C10H12N2O3. The van der Waals surface area contributed by atoms with E-state index in [1.54, 1.807) is 0 Å². The minimum Gasteiger partial charge on any atom is -0.481 e. The molecule has 0 fully saturated rings. The quantitative estimate of drug-likeness (QED) is 0.739. The van der Waals surface area contributed by atoms with Gasteiger partial charge in [-0.15, -0.1) is 0 Å². The van der Waals surface area contributed by atoms with Gasteiger partial charge in [-0.1, -0.05) is 6.92 Å². The van der Waals surface area contributed by atoms with Crippen LogP contribution < -0.4 is 5.69 Å². The Morgan fingerprint density at radius 1 is 1.67 bits per heavy atom. The van der Waals surface area contributed by atoms with E-state index >= 15 is 0 Å². The van der Waals surface area contributed by atoms with Crippen molar-refractivity contribution in [1.29, 1.82) is 0 Å². The molecule has 0 amide bonds. The molecule has 0 aromatic carbocycles. The molecule has 2 rings (SSSR count). The highest BCUT2D eigenvalue weighted by molar-refractivity contribution is 5.77. The van der Waals surface area contributed by atoms with Gasteiger partial charge < -0.3 is 10.1 Å². The third-order valence-corrected chi connectivity index (χ3v) is 2.79. The number of nitrogens with zero attached hydrogens (tertiary/aromatic N) is 1. The van der Waals surface area contributed by atoms with Gasteiger partial charge in [-0.2, -0.15) is 4.98 Å². The average Bonchev–Trinajstić information content (AvgIpc) is 2.59. The van der Waals surface area contributed by atoms with Gasteiger partial charge in [0, 0.05) is 11.3 Å². The Balaban J connectivity index is 2.60. The number of carbonyl (C=O) groups is 1. The van der Waals surface area contributed by atoms with Crippen LogP contribution in [0.25, 0.3) is 0 Å². The molecule has 1 aliphatic rings. The highest BCUT2D eigenvalue weighted by Crippen LogP contribution is 2.33. The summed E-state index contributed by atoms with van der Waals surface area (Å²) in [5, 5.41) is 9.03. The largest absolute Gasteiger partial charge is 0.481 e. The first-order valence-electron chi connectivity index (χ1n) is 4.98. The molecule has 0 saturated carbocycles. The molecule has 1 atom stereocenters. The third kappa shape index (κ3) is 1.54. The first-order chi connectivity index (χ1) is 7.13. The van der Waals surface area contributed by atoms with Crippen LogP contribution in [-0.4, -0.2) is 21.0 Å². The fraction of sp³-hybridized carbons (Fsp3) is 0.500. The Bertz CT molecular complexity index is 464. The summed E-state index contributed by atoms with van der Waals surface area (Å²) in [6.45, 7) is 1.87. The maximum absolute atomic E-state index is 11.2. The standard InChI is InChI=1S/C10H12N2O3/c1-2-6-8-5(9(13)14)3-4-7(8)12-10(15)11-6/h5H,2-4H2,1H3,(H,13,14)(H,11,12,15). The second-order valence-corrected chi connectivity index (χ2v) is 3.66. The van der Waals surface area contributed by atoms with Gasteiger partial charge in [0.05, 0.1) is 11.6 Å². The lowest BCUT2D eigenvalue weighted by molar-refractivity contribution is -0.138. The predicted octanol–water partition coefficient (Wildman–Crippen LogP) is 0.447. The molecule has 80 valence electrons. The summed E-state index contributed by atoms with van der Waals surface area (Å²) in [6.07, 6.45) is 1.77. The lowest BCUT2D eigenvalue weighted by atomic mass is 10.0. The van der Waals surface area contributed by atoms with Crippen molar-refractivity contribution >= 4 is 5.97 Å². The van der Waals surface area contributed by atoms with Gasteiger partial charge in [0.15, 0.2) is 0 Å². The van der Waals surface area contributed by atoms with E-state index in [2.05, 4.69) is 9.97 Å². The van der Waals surface area contributed by atoms with Crippen LogP contribution in [0.5, 0.6) is 0 Å². The summed E-state index contributed by atoms with van der Waals surface area (Å²) < 4.78 is 0. The van der Waals surface area contributed by atoms with Crippen LogP contribution in [0.2, 0.25) is 0 Å². The van der Waals surface area contributed by atoms with Gasteiger partial charge in [-0.25, -0.2) is 4.79 Å². The zero-order chi connectivity index (χ0) is 11.0. The molecule has 0 spiro atoms. The molecular weight excluding hydrogens is 196 g/mol. The van der Waals surface area contributed by atoms with Crippen LogP contribution in [0.3, 0.4) is 0 Å². The first kappa shape index (κ1) is 9.89. The molecule has 1 heterocycles. The number of carboxylic acids is 1. The molecule has 1 aliphatic carbocycles. The second kappa shape index (κ2) is 3.49. The Kier molecular flexibility index (Phi) is 2.30. The van der Waals surface area contributed by atoms with Crippen LogP contribution in [0.1, 0.15) is 36.2 Å². The average molecular weight is 208 g/mol. The minimum atomic E-state index is -0.836. The Hall–Kier alpha value is -1.65. The van der Waals surface area contributed by atoms with Crippen LogP contribution in [0.15, 0.2) is 4.79 Å². The van der Waals surface area contributed by atoms with E-state index in [0.717, 1.165) is 11.3 Å². The van der Waals surface area contributed by atoms with E-state index in [-0.39, 0.29) is 5.69 Å². The highest BCUT2D eigenvalue weighted by atomic mass is 16.4. The molecule has 5 heteroatoms. The summed E-state index contributed by atoms with van der Waals surface area (Å²) in [6, 6.07) is 0. The van der Waals surface area contributed by atoms with Crippen molar-refractivity contribution < 1.29 is 9.90 Å². The van der Waals surface area contributed by atoms with E-state index in [0.29, 0.717) is 25.0 Å². The van der Waals surface area contributed by atoms with Gasteiger partial charge in [0.2, 0.25) is 0 Å². The van der Waals surface area contributed by atoms with Gasteiger partial charge >= 0.3 is 11.7 Å². The topological polar surface area (TPSA) is 83.0 Å². The third-order valence-electron chi connectivity index (χ3n) is 2.79. The number of hydrogen-bond acceptors (Lipinski definition) is 3. The van der Waals surface area contributed by atoms with Crippen molar-refractivity contribution in [3.63, 3.8) is 0 Å². The smallest absolute Gasteiger partial charge is 0.345 e. The zero-order valence-corrected chi connectivity index (χ0v) is 8.41. The Morgan fingerprint density at radius 2 is 2.40 bits per heavy atom. The van der Waals surface area contributed by atoms with Crippen LogP contribution >= 0.6 is 0 Å². The molecule has 1 aromatic rings. The lowest BCUT2D eigenvalue weighted by Crippen LogP contribution is -2.19. The molecule has 1 aromatic heterocycles. The molecule has 0 saturated heterocycles. The molecule has 0 radical (unpaired) electrons. The van der Waals surface area contributed by atoms with Crippen molar-refractivity contribution in [3.8, 4) is 0 Å².